The summed E-state index contributed by atoms with van der Waals surface area (Å²) in [6, 6.07) is 16.3. The number of rotatable bonds is 10. The van der Waals surface area contributed by atoms with E-state index in [-0.39, 0.29) is 30.2 Å². The first-order chi connectivity index (χ1) is 16.8. The highest BCUT2D eigenvalue weighted by Gasteiger charge is 2.18. The lowest BCUT2D eigenvalue weighted by molar-refractivity contribution is -0.116. The van der Waals surface area contributed by atoms with Gasteiger partial charge in [0, 0.05) is 18.7 Å². The van der Waals surface area contributed by atoms with Crippen LogP contribution in [0.1, 0.15) is 24.0 Å². The standard InChI is InChI=1S/C25H28FN3O5S2/c1-18-6-7-19(2)24(17-18)28-36(33,34)23-14-10-21(11-15-23)27-25(30)5-4-16-29(35(3,31)32)22-12-8-20(26)9-13-22/h6-15,17,28H,4-5,16H2,1-3H3,(H,27,30). The zero-order valence-corrected chi connectivity index (χ0v) is 21.8. The van der Waals surface area contributed by atoms with Gasteiger partial charge >= 0.3 is 0 Å². The summed E-state index contributed by atoms with van der Waals surface area (Å²) >= 11 is 0. The van der Waals surface area contributed by atoms with Crippen molar-refractivity contribution in [1.82, 2.24) is 0 Å². The maximum atomic E-state index is 13.2. The van der Waals surface area contributed by atoms with Gasteiger partial charge in [-0.3, -0.25) is 13.8 Å². The molecule has 1 amide bonds. The minimum absolute atomic E-state index is 0.0292. The highest BCUT2D eigenvalue weighted by atomic mass is 32.2. The molecule has 3 aromatic carbocycles. The number of hydrogen-bond donors (Lipinski definition) is 2. The molecule has 0 aliphatic heterocycles. The number of nitrogens with one attached hydrogen (secondary N) is 2. The number of aryl methyl sites for hydroxylation is 2. The molecule has 2 N–H and O–H groups in total. The molecule has 36 heavy (non-hydrogen) atoms. The lowest BCUT2D eigenvalue weighted by Gasteiger charge is -2.22. The maximum Gasteiger partial charge on any atom is 0.261 e. The first-order valence-electron chi connectivity index (χ1n) is 11.1. The fourth-order valence-corrected chi connectivity index (χ4v) is 5.55. The Morgan fingerprint density at radius 2 is 1.56 bits per heavy atom. The first-order valence-corrected chi connectivity index (χ1v) is 14.4. The zero-order valence-electron chi connectivity index (χ0n) is 20.2. The van der Waals surface area contributed by atoms with Gasteiger partial charge in [-0.25, -0.2) is 21.2 Å². The fourth-order valence-electron chi connectivity index (χ4n) is 3.47. The lowest BCUT2D eigenvalue weighted by atomic mass is 10.1. The molecule has 8 nitrogen and oxygen atoms in total. The summed E-state index contributed by atoms with van der Waals surface area (Å²) in [6.07, 6.45) is 1.30. The van der Waals surface area contributed by atoms with E-state index >= 15 is 0 Å². The largest absolute Gasteiger partial charge is 0.326 e. The van der Waals surface area contributed by atoms with Gasteiger partial charge in [-0.15, -0.1) is 0 Å². The molecule has 3 rings (SSSR count). The van der Waals surface area contributed by atoms with Crippen LogP contribution in [-0.2, 0) is 24.8 Å². The third-order valence-electron chi connectivity index (χ3n) is 5.37. The number of carbonyl (C=O) groups is 1. The van der Waals surface area contributed by atoms with Gasteiger partial charge in [0.05, 0.1) is 22.5 Å². The SMILES string of the molecule is Cc1ccc(C)c(NS(=O)(=O)c2ccc(NC(=O)CCCN(c3ccc(F)cc3)S(C)(=O)=O)cc2)c1. The second-order valence-electron chi connectivity index (χ2n) is 8.41. The molecule has 0 bridgehead atoms. The van der Waals surface area contributed by atoms with Crippen LogP contribution in [0.3, 0.4) is 0 Å². The smallest absolute Gasteiger partial charge is 0.261 e. The van der Waals surface area contributed by atoms with E-state index in [1.807, 2.05) is 26.0 Å². The van der Waals surface area contributed by atoms with Crippen molar-refractivity contribution in [3.8, 4) is 0 Å². The molecule has 0 saturated carbocycles. The van der Waals surface area contributed by atoms with Crippen molar-refractivity contribution in [3.05, 3.63) is 83.7 Å². The molecule has 11 heteroatoms. The molecule has 0 spiro atoms. The second kappa shape index (κ2) is 11.1. The predicted octanol–water partition coefficient (Wildman–Crippen LogP) is 4.43. The Morgan fingerprint density at radius 1 is 0.917 bits per heavy atom. The van der Waals surface area contributed by atoms with Crippen LogP contribution in [0.5, 0.6) is 0 Å². The van der Waals surface area contributed by atoms with E-state index in [0.29, 0.717) is 17.1 Å². The van der Waals surface area contributed by atoms with Crippen molar-refractivity contribution in [2.45, 2.75) is 31.6 Å². The number of anilines is 3. The maximum absolute atomic E-state index is 13.2. The summed E-state index contributed by atoms with van der Waals surface area (Å²) in [6.45, 7) is 3.72. The van der Waals surface area contributed by atoms with Gasteiger partial charge in [0.25, 0.3) is 10.0 Å². The third kappa shape index (κ3) is 7.28. The van der Waals surface area contributed by atoms with Crippen molar-refractivity contribution in [2.75, 3.05) is 27.1 Å². The molecule has 0 saturated heterocycles. The summed E-state index contributed by atoms with van der Waals surface area (Å²) in [5, 5.41) is 2.67. The molecule has 192 valence electrons. The zero-order chi connectivity index (χ0) is 26.5. The van der Waals surface area contributed by atoms with E-state index in [1.165, 1.54) is 48.5 Å². The number of nitrogens with zero attached hydrogens (tertiary/aromatic N) is 1. The average Bonchev–Trinajstić information content (AvgIpc) is 2.79. The summed E-state index contributed by atoms with van der Waals surface area (Å²) in [4.78, 5) is 12.4. The Balaban J connectivity index is 1.58. The van der Waals surface area contributed by atoms with Crippen LogP contribution in [0.2, 0.25) is 0 Å². The van der Waals surface area contributed by atoms with E-state index in [2.05, 4.69) is 10.0 Å². The van der Waals surface area contributed by atoms with Gasteiger partial charge in [0.15, 0.2) is 0 Å². The van der Waals surface area contributed by atoms with Crippen LogP contribution in [0.4, 0.5) is 21.5 Å². The Labute approximate surface area is 211 Å². The summed E-state index contributed by atoms with van der Waals surface area (Å²) in [7, 11) is -7.43. The van der Waals surface area contributed by atoms with E-state index in [4.69, 9.17) is 0 Å². The van der Waals surface area contributed by atoms with Crippen molar-refractivity contribution < 1.29 is 26.0 Å². The Morgan fingerprint density at radius 3 is 2.17 bits per heavy atom. The van der Waals surface area contributed by atoms with Gasteiger partial charge in [0.1, 0.15) is 5.82 Å². The quantitative estimate of drug-likeness (QED) is 0.400. The van der Waals surface area contributed by atoms with Crippen LogP contribution in [0.25, 0.3) is 0 Å². The van der Waals surface area contributed by atoms with Crippen LogP contribution >= 0.6 is 0 Å². The number of halogens is 1. The average molecular weight is 534 g/mol. The van der Waals surface area contributed by atoms with Crippen LogP contribution in [0, 0.1) is 19.7 Å². The highest BCUT2D eigenvalue weighted by molar-refractivity contribution is 7.92. The van der Waals surface area contributed by atoms with Gasteiger partial charge in [-0.2, -0.15) is 0 Å². The predicted molar refractivity (Wildman–Crippen MR) is 140 cm³/mol. The van der Waals surface area contributed by atoms with Crippen molar-refractivity contribution >= 4 is 43.0 Å². The van der Waals surface area contributed by atoms with E-state index in [0.717, 1.165) is 21.7 Å². The molecule has 0 atom stereocenters. The molecule has 0 aliphatic carbocycles. The van der Waals surface area contributed by atoms with E-state index in [1.54, 1.807) is 6.07 Å². The van der Waals surface area contributed by atoms with E-state index in [9.17, 15) is 26.0 Å². The topological polar surface area (TPSA) is 113 Å². The van der Waals surface area contributed by atoms with Crippen LogP contribution in [0.15, 0.2) is 71.6 Å². The number of hydrogen-bond acceptors (Lipinski definition) is 5. The molecule has 0 unspecified atom stereocenters. The number of sulfonamides is 2. The molecule has 0 aliphatic rings. The summed E-state index contributed by atoms with van der Waals surface area (Å²) in [5.41, 5.74) is 2.93. The van der Waals surface area contributed by atoms with Gasteiger partial charge in [0.2, 0.25) is 15.9 Å². The summed E-state index contributed by atoms with van der Waals surface area (Å²) < 4.78 is 66.6. The fraction of sp³-hybridized carbons (Fsp3) is 0.240. The third-order valence-corrected chi connectivity index (χ3v) is 7.94. The van der Waals surface area contributed by atoms with Crippen LogP contribution < -0.4 is 14.3 Å². The molecular weight excluding hydrogens is 505 g/mol. The highest BCUT2D eigenvalue weighted by Crippen LogP contribution is 2.23. The number of benzene rings is 3. The number of carbonyl (C=O) groups excluding carboxylic acids is 1. The van der Waals surface area contributed by atoms with E-state index < -0.39 is 25.9 Å². The van der Waals surface area contributed by atoms with Gasteiger partial charge in [-0.05, 0) is 86.0 Å². The minimum Gasteiger partial charge on any atom is -0.326 e. The van der Waals surface area contributed by atoms with Gasteiger partial charge in [-0.1, -0.05) is 12.1 Å². The molecule has 0 fully saturated rings. The Kier molecular flexibility index (Phi) is 8.36. The monoisotopic (exact) mass is 533 g/mol. The molecule has 0 radical (unpaired) electrons. The molecule has 3 aromatic rings. The van der Waals surface area contributed by atoms with Crippen molar-refractivity contribution in [2.24, 2.45) is 0 Å². The van der Waals surface area contributed by atoms with Crippen molar-refractivity contribution in [1.29, 1.82) is 0 Å². The normalized spacial score (nSPS) is 11.7. The number of amides is 1. The second-order valence-corrected chi connectivity index (χ2v) is 12.0. The molecule has 0 heterocycles. The lowest BCUT2D eigenvalue weighted by Crippen LogP contribution is -2.31. The Bertz CT molecular complexity index is 1440. The van der Waals surface area contributed by atoms with Crippen LogP contribution in [-0.4, -0.2) is 35.5 Å². The van der Waals surface area contributed by atoms with Crippen molar-refractivity contribution in [3.63, 3.8) is 0 Å². The van der Waals surface area contributed by atoms with Gasteiger partial charge < -0.3 is 5.32 Å². The summed E-state index contributed by atoms with van der Waals surface area (Å²) in [5.74, 6) is -0.835. The Hall–Kier alpha value is -3.44. The minimum atomic E-state index is -3.81. The molecule has 0 aromatic heterocycles. The first kappa shape index (κ1) is 27.2. The molecular formula is C25H28FN3O5S2.